The molecule has 0 aliphatic carbocycles. The second-order valence-corrected chi connectivity index (χ2v) is 6.35. The monoisotopic (exact) mass is 331 g/mol. The van der Waals surface area contributed by atoms with Gasteiger partial charge in [0.2, 0.25) is 11.8 Å². The standard InChI is InChI=1S/C18H22FN3O2/c1-3-15-10(2)14-7-12(19)6-11(18(14)22-15)9-20-17(24)8-13-4-5-16(23)21-13/h6-7,13,22H,3-5,8-9H2,1-2H3,(H,20,24)(H,21,23)/t13-/m1/s1. The van der Waals surface area contributed by atoms with Crippen molar-refractivity contribution in [3.63, 3.8) is 0 Å². The van der Waals surface area contributed by atoms with Gasteiger partial charge in [-0.3, -0.25) is 9.59 Å². The molecule has 1 aliphatic rings. The van der Waals surface area contributed by atoms with Crippen LogP contribution in [0.25, 0.3) is 10.9 Å². The molecule has 1 aromatic carbocycles. The third-order valence-electron chi connectivity index (χ3n) is 4.66. The van der Waals surface area contributed by atoms with E-state index in [2.05, 4.69) is 15.6 Å². The van der Waals surface area contributed by atoms with Crippen LogP contribution in [0.3, 0.4) is 0 Å². The zero-order valence-electron chi connectivity index (χ0n) is 14.0. The Bertz CT molecular complexity index is 797. The molecule has 128 valence electrons. The number of nitrogens with one attached hydrogen (secondary N) is 3. The van der Waals surface area contributed by atoms with E-state index in [-0.39, 0.29) is 36.6 Å². The fraction of sp³-hybridized carbons (Fsp3) is 0.444. The van der Waals surface area contributed by atoms with Crippen LogP contribution in [0.2, 0.25) is 0 Å². The molecule has 2 amide bonds. The third kappa shape index (κ3) is 3.27. The molecule has 0 unspecified atom stereocenters. The number of halogens is 1. The van der Waals surface area contributed by atoms with E-state index in [0.717, 1.165) is 34.1 Å². The van der Waals surface area contributed by atoms with E-state index >= 15 is 0 Å². The van der Waals surface area contributed by atoms with Gasteiger partial charge in [0.25, 0.3) is 0 Å². The molecule has 6 heteroatoms. The second-order valence-electron chi connectivity index (χ2n) is 6.35. The molecule has 2 heterocycles. The number of rotatable bonds is 5. The van der Waals surface area contributed by atoms with Gasteiger partial charge in [-0.25, -0.2) is 4.39 Å². The highest BCUT2D eigenvalue weighted by Gasteiger charge is 2.23. The van der Waals surface area contributed by atoms with Crippen molar-refractivity contribution in [2.75, 3.05) is 0 Å². The minimum atomic E-state index is -0.306. The van der Waals surface area contributed by atoms with Crippen molar-refractivity contribution in [3.8, 4) is 0 Å². The zero-order chi connectivity index (χ0) is 17.3. The normalized spacial score (nSPS) is 17.3. The Morgan fingerprint density at radius 2 is 2.21 bits per heavy atom. The van der Waals surface area contributed by atoms with Gasteiger partial charge >= 0.3 is 0 Å². The van der Waals surface area contributed by atoms with E-state index in [0.29, 0.717) is 12.8 Å². The van der Waals surface area contributed by atoms with Gasteiger partial charge in [0.1, 0.15) is 5.82 Å². The number of hydrogen-bond donors (Lipinski definition) is 3. The molecule has 1 saturated heterocycles. The summed E-state index contributed by atoms with van der Waals surface area (Å²) < 4.78 is 13.9. The molecule has 1 fully saturated rings. The largest absolute Gasteiger partial charge is 0.358 e. The highest BCUT2D eigenvalue weighted by atomic mass is 19.1. The average Bonchev–Trinajstić information content (AvgIpc) is 3.09. The van der Waals surface area contributed by atoms with Crippen molar-refractivity contribution < 1.29 is 14.0 Å². The van der Waals surface area contributed by atoms with Crippen molar-refractivity contribution in [2.45, 2.75) is 52.1 Å². The van der Waals surface area contributed by atoms with Crippen LogP contribution in [0.15, 0.2) is 12.1 Å². The molecule has 0 radical (unpaired) electrons. The Labute approximate surface area is 140 Å². The maximum Gasteiger partial charge on any atom is 0.222 e. The number of hydrogen-bond acceptors (Lipinski definition) is 2. The van der Waals surface area contributed by atoms with Crippen molar-refractivity contribution >= 4 is 22.7 Å². The summed E-state index contributed by atoms with van der Waals surface area (Å²) in [5.41, 5.74) is 3.74. The summed E-state index contributed by atoms with van der Waals surface area (Å²) >= 11 is 0. The summed E-state index contributed by atoms with van der Waals surface area (Å²) in [6, 6.07) is 2.89. The minimum absolute atomic E-state index is 0.00593. The number of fused-ring (bicyclic) bond motifs is 1. The van der Waals surface area contributed by atoms with Gasteiger partial charge in [-0.1, -0.05) is 6.92 Å². The summed E-state index contributed by atoms with van der Waals surface area (Å²) in [7, 11) is 0. The number of carbonyl (C=O) groups is 2. The summed E-state index contributed by atoms with van der Waals surface area (Å²) in [6.45, 7) is 4.28. The lowest BCUT2D eigenvalue weighted by molar-refractivity contribution is -0.121. The fourth-order valence-corrected chi connectivity index (χ4v) is 3.33. The first-order valence-electron chi connectivity index (χ1n) is 8.33. The van der Waals surface area contributed by atoms with Crippen LogP contribution in [0, 0.1) is 12.7 Å². The predicted molar refractivity (Wildman–Crippen MR) is 90.0 cm³/mol. The van der Waals surface area contributed by atoms with Gasteiger partial charge in [0.05, 0.1) is 5.52 Å². The first kappa shape index (κ1) is 16.5. The maximum absolute atomic E-state index is 13.9. The Morgan fingerprint density at radius 1 is 1.42 bits per heavy atom. The van der Waals surface area contributed by atoms with Crippen molar-refractivity contribution in [1.82, 2.24) is 15.6 Å². The number of amides is 2. The number of aromatic nitrogens is 1. The van der Waals surface area contributed by atoms with Crippen LogP contribution in [0.1, 0.15) is 43.0 Å². The highest BCUT2D eigenvalue weighted by Crippen LogP contribution is 2.26. The first-order valence-corrected chi connectivity index (χ1v) is 8.33. The van der Waals surface area contributed by atoms with Crippen LogP contribution in [-0.4, -0.2) is 22.8 Å². The van der Waals surface area contributed by atoms with Crippen LogP contribution in [0.4, 0.5) is 4.39 Å². The SMILES string of the molecule is CCc1[nH]c2c(CNC(=O)C[C@H]3CCC(=O)N3)cc(F)cc2c1C. The maximum atomic E-state index is 13.9. The van der Waals surface area contributed by atoms with Gasteiger partial charge in [-0.2, -0.15) is 0 Å². The Balaban J connectivity index is 1.72. The fourth-order valence-electron chi connectivity index (χ4n) is 3.33. The Morgan fingerprint density at radius 3 is 2.88 bits per heavy atom. The lowest BCUT2D eigenvalue weighted by Crippen LogP contribution is -2.33. The van der Waals surface area contributed by atoms with Crippen LogP contribution in [0.5, 0.6) is 0 Å². The van der Waals surface area contributed by atoms with Gasteiger partial charge in [0.15, 0.2) is 0 Å². The second kappa shape index (κ2) is 6.63. The molecule has 0 saturated carbocycles. The van der Waals surface area contributed by atoms with Crippen molar-refractivity contribution in [3.05, 3.63) is 34.8 Å². The van der Waals surface area contributed by atoms with Gasteiger partial charge in [0, 0.05) is 36.5 Å². The molecule has 1 aliphatic heterocycles. The van der Waals surface area contributed by atoms with E-state index in [1.807, 2.05) is 13.8 Å². The average molecular weight is 331 g/mol. The van der Waals surface area contributed by atoms with E-state index in [1.165, 1.54) is 12.1 Å². The molecule has 3 rings (SSSR count). The number of benzene rings is 1. The highest BCUT2D eigenvalue weighted by molar-refractivity contribution is 5.88. The van der Waals surface area contributed by atoms with E-state index in [9.17, 15) is 14.0 Å². The summed E-state index contributed by atoms with van der Waals surface area (Å²) in [5, 5.41) is 6.46. The molecule has 24 heavy (non-hydrogen) atoms. The minimum Gasteiger partial charge on any atom is -0.358 e. The Hall–Kier alpha value is -2.37. The van der Waals surface area contributed by atoms with Crippen LogP contribution < -0.4 is 10.6 Å². The number of aromatic amines is 1. The van der Waals surface area contributed by atoms with E-state index in [4.69, 9.17) is 0 Å². The summed E-state index contributed by atoms with van der Waals surface area (Å²) in [5.74, 6) is -0.452. The number of H-pyrrole nitrogens is 1. The predicted octanol–water partition coefficient (Wildman–Crippen LogP) is 2.46. The van der Waals surface area contributed by atoms with E-state index < -0.39 is 0 Å². The summed E-state index contributed by atoms with van der Waals surface area (Å²) in [4.78, 5) is 26.6. The molecule has 1 aromatic heterocycles. The van der Waals surface area contributed by atoms with E-state index in [1.54, 1.807) is 0 Å². The van der Waals surface area contributed by atoms with Crippen molar-refractivity contribution in [1.29, 1.82) is 0 Å². The van der Waals surface area contributed by atoms with Crippen LogP contribution >= 0.6 is 0 Å². The first-order chi connectivity index (χ1) is 11.5. The zero-order valence-corrected chi connectivity index (χ0v) is 14.0. The molecule has 2 aromatic rings. The lowest BCUT2D eigenvalue weighted by atomic mass is 10.1. The molecular weight excluding hydrogens is 309 g/mol. The van der Waals surface area contributed by atoms with Gasteiger partial charge in [-0.15, -0.1) is 0 Å². The smallest absolute Gasteiger partial charge is 0.222 e. The van der Waals surface area contributed by atoms with Gasteiger partial charge < -0.3 is 15.6 Å². The quantitative estimate of drug-likeness (QED) is 0.787. The summed E-state index contributed by atoms with van der Waals surface area (Å²) in [6.07, 6.45) is 2.26. The van der Waals surface area contributed by atoms with Crippen LogP contribution in [-0.2, 0) is 22.6 Å². The topological polar surface area (TPSA) is 74.0 Å². The third-order valence-corrected chi connectivity index (χ3v) is 4.66. The molecule has 5 nitrogen and oxygen atoms in total. The lowest BCUT2D eigenvalue weighted by Gasteiger charge is -2.11. The number of aryl methyl sites for hydroxylation is 2. The van der Waals surface area contributed by atoms with Gasteiger partial charge in [-0.05, 0) is 43.0 Å². The molecule has 3 N–H and O–H groups in total. The molecule has 0 bridgehead atoms. The van der Waals surface area contributed by atoms with Crippen molar-refractivity contribution in [2.24, 2.45) is 0 Å². The molecule has 0 spiro atoms. The molecular formula is C18H22FN3O2. The molecule has 1 atom stereocenters. The number of carbonyl (C=O) groups excluding carboxylic acids is 2. The Kier molecular flexibility index (Phi) is 4.55.